The molecule has 5 rings (SSSR count). The Labute approximate surface area is 190 Å². The van der Waals surface area contributed by atoms with Crippen LogP contribution in [0.25, 0.3) is 22.0 Å². The van der Waals surface area contributed by atoms with Crippen molar-refractivity contribution in [3.8, 4) is 22.0 Å². The van der Waals surface area contributed by atoms with Crippen molar-refractivity contribution in [3.63, 3.8) is 0 Å². The Hall–Kier alpha value is -3.34. The molecule has 0 N–H and O–H groups in total. The van der Waals surface area contributed by atoms with Crippen LogP contribution in [0.3, 0.4) is 0 Å². The summed E-state index contributed by atoms with van der Waals surface area (Å²) in [5, 5.41) is 10.3. The maximum Gasteiger partial charge on any atom is 0.281 e. The first kappa shape index (κ1) is 21.5. The van der Waals surface area contributed by atoms with Crippen molar-refractivity contribution in [3.05, 3.63) is 58.9 Å². The van der Waals surface area contributed by atoms with Crippen LogP contribution in [0.5, 0.6) is 0 Å². The van der Waals surface area contributed by atoms with Crippen molar-refractivity contribution in [2.45, 2.75) is 32.2 Å². The standard InChI is InChI=1S/C22H19F3N6OS/c1-30-19(15(10-26-30)22-27-16(11-33-22)20(24)25)17(32)8-12-6-7-31-18(9-12)28-21(29-31)13-2-4-14(23)5-3-13/h2-5,10-12,20H,6-9H2,1H3. The largest absolute Gasteiger partial charge is 0.292 e. The number of rotatable bonds is 6. The molecule has 0 saturated carbocycles. The first-order valence-corrected chi connectivity index (χ1v) is 11.3. The number of carbonyl (C=O) groups is 1. The minimum Gasteiger partial charge on any atom is -0.292 e. The fourth-order valence-electron chi connectivity index (χ4n) is 4.06. The summed E-state index contributed by atoms with van der Waals surface area (Å²) in [4.78, 5) is 21.8. The normalized spacial score (nSPS) is 15.7. The van der Waals surface area contributed by atoms with E-state index < -0.39 is 6.43 Å². The highest BCUT2D eigenvalue weighted by atomic mass is 32.1. The molecule has 0 spiro atoms. The molecule has 0 saturated heterocycles. The van der Waals surface area contributed by atoms with Crippen LogP contribution < -0.4 is 0 Å². The van der Waals surface area contributed by atoms with E-state index >= 15 is 0 Å². The number of fused-ring (bicyclic) bond motifs is 1. The topological polar surface area (TPSA) is 78.5 Å². The van der Waals surface area contributed by atoms with E-state index in [0.29, 0.717) is 35.1 Å². The number of hydrogen-bond acceptors (Lipinski definition) is 6. The highest BCUT2D eigenvalue weighted by molar-refractivity contribution is 7.13. The molecule has 4 heterocycles. The molecule has 0 bridgehead atoms. The predicted octanol–water partition coefficient (Wildman–Crippen LogP) is 4.71. The Morgan fingerprint density at radius 1 is 1.24 bits per heavy atom. The van der Waals surface area contributed by atoms with Crippen LogP contribution in [0.4, 0.5) is 13.2 Å². The fourth-order valence-corrected chi connectivity index (χ4v) is 4.88. The average Bonchev–Trinajstić information content (AvgIpc) is 3.51. The number of hydrogen-bond donors (Lipinski definition) is 0. The van der Waals surface area contributed by atoms with Crippen molar-refractivity contribution in [2.75, 3.05) is 0 Å². The number of nitrogens with zero attached hydrogens (tertiary/aromatic N) is 6. The number of thiazole rings is 1. The van der Waals surface area contributed by atoms with Gasteiger partial charge in [-0.05, 0) is 36.6 Å². The highest BCUT2D eigenvalue weighted by Gasteiger charge is 2.28. The number of aromatic nitrogens is 6. The van der Waals surface area contributed by atoms with Crippen LogP contribution in [-0.4, -0.2) is 35.3 Å². The maximum absolute atomic E-state index is 13.2. The number of halogens is 3. The van der Waals surface area contributed by atoms with Crippen molar-refractivity contribution in [1.29, 1.82) is 0 Å². The summed E-state index contributed by atoms with van der Waals surface area (Å²) in [5.74, 6) is 0.940. The van der Waals surface area contributed by atoms with E-state index in [4.69, 9.17) is 0 Å². The van der Waals surface area contributed by atoms with Crippen LogP contribution in [-0.2, 0) is 20.0 Å². The van der Waals surface area contributed by atoms with Crippen LogP contribution in [0, 0.1) is 11.7 Å². The molecule has 33 heavy (non-hydrogen) atoms. The number of benzene rings is 1. The van der Waals surface area contributed by atoms with Crippen molar-refractivity contribution < 1.29 is 18.0 Å². The van der Waals surface area contributed by atoms with Gasteiger partial charge in [0.15, 0.2) is 11.6 Å². The van der Waals surface area contributed by atoms with Gasteiger partial charge in [-0.3, -0.25) is 9.48 Å². The molecule has 0 radical (unpaired) electrons. The van der Waals surface area contributed by atoms with Crippen LogP contribution in [0.15, 0.2) is 35.8 Å². The van der Waals surface area contributed by atoms with E-state index in [1.165, 1.54) is 28.4 Å². The average molecular weight is 472 g/mol. The zero-order chi connectivity index (χ0) is 23.1. The number of carbonyl (C=O) groups excluding carboxylic acids is 1. The molecule has 0 aliphatic carbocycles. The lowest BCUT2D eigenvalue weighted by atomic mass is 9.91. The molecule has 1 aliphatic heterocycles. The molecule has 1 unspecified atom stereocenters. The van der Waals surface area contributed by atoms with E-state index in [1.807, 2.05) is 4.68 Å². The summed E-state index contributed by atoms with van der Waals surface area (Å²) >= 11 is 1.07. The molecule has 1 aromatic carbocycles. The Morgan fingerprint density at radius 2 is 2.03 bits per heavy atom. The molecule has 1 aliphatic rings. The minimum atomic E-state index is -2.66. The third-order valence-corrected chi connectivity index (χ3v) is 6.62. The van der Waals surface area contributed by atoms with Crippen molar-refractivity contribution >= 4 is 17.1 Å². The first-order valence-electron chi connectivity index (χ1n) is 10.4. The molecule has 170 valence electrons. The van der Waals surface area contributed by atoms with Gasteiger partial charge in [0.25, 0.3) is 6.43 Å². The summed E-state index contributed by atoms with van der Waals surface area (Å²) in [6.07, 6.45) is 0.446. The second-order valence-electron chi connectivity index (χ2n) is 7.98. The lowest BCUT2D eigenvalue weighted by Crippen LogP contribution is -2.23. The Kier molecular flexibility index (Phi) is 5.57. The van der Waals surface area contributed by atoms with Crippen molar-refractivity contribution in [2.24, 2.45) is 13.0 Å². The molecule has 3 aromatic heterocycles. The Balaban J connectivity index is 1.33. The van der Waals surface area contributed by atoms with Gasteiger partial charge in [-0.15, -0.1) is 11.3 Å². The van der Waals surface area contributed by atoms with Gasteiger partial charge in [0.2, 0.25) is 0 Å². The Morgan fingerprint density at radius 3 is 2.76 bits per heavy atom. The molecule has 11 heteroatoms. The third kappa shape index (κ3) is 4.20. The Bertz CT molecular complexity index is 1310. The summed E-state index contributed by atoms with van der Waals surface area (Å²) < 4.78 is 42.4. The molecule has 7 nitrogen and oxygen atoms in total. The van der Waals surface area contributed by atoms with Crippen molar-refractivity contribution in [1.82, 2.24) is 29.5 Å². The van der Waals surface area contributed by atoms with Gasteiger partial charge in [-0.25, -0.2) is 27.8 Å². The van der Waals surface area contributed by atoms with Gasteiger partial charge in [0.05, 0.1) is 11.8 Å². The van der Waals surface area contributed by atoms with Gasteiger partial charge in [-0.1, -0.05) is 0 Å². The predicted molar refractivity (Wildman–Crippen MR) is 115 cm³/mol. The quantitative estimate of drug-likeness (QED) is 0.380. The third-order valence-electron chi connectivity index (χ3n) is 5.72. The molecular weight excluding hydrogens is 453 g/mol. The second kappa shape index (κ2) is 8.54. The molecule has 0 amide bonds. The van der Waals surface area contributed by atoms with Gasteiger partial charge >= 0.3 is 0 Å². The summed E-state index contributed by atoms with van der Waals surface area (Å²) in [5.41, 5.74) is 1.26. The highest BCUT2D eigenvalue weighted by Crippen LogP contribution is 2.32. The minimum absolute atomic E-state index is 0.0611. The molecule has 1 atom stereocenters. The van der Waals surface area contributed by atoms with Gasteiger partial charge in [0.1, 0.15) is 28.0 Å². The number of Topliss-reactive ketones (excluding diaryl/α,β-unsaturated/α-hetero) is 1. The number of alkyl halides is 2. The van der Waals surface area contributed by atoms with E-state index in [-0.39, 0.29) is 29.6 Å². The summed E-state index contributed by atoms with van der Waals surface area (Å²) in [7, 11) is 1.66. The van der Waals surface area contributed by atoms with E-state index in [1.54, 1.807) is 19.2 Å². The van der Waals surface area contributed by atoms with Gasteiger partial charge in [-0.2, -0.15) is 10.2 Å². The monoisotopic (exact) mass is 472 g/mol. The van der Waals surface area contributed by atoms with Crippen LogP contribution in [0.1, 0.15) is 41.3 Å². The SMILES string of the molecule is Cn1ncc(-c2nc(C(F)F)cs2)c1C(=O)CC1CCn2nc(-c3ccc(F)cc3)nc2C1. The number of ketones is 1. The lowest BCUT2D eigenvalue weighted by Gasteiger charge is -2.21. The van der Waals surface area contributed by atoms with E-state index in [0.717, 1.165) is 29.1 Å². The molecular formula is C22H19F3N6OS. The van der Waals surface area contributed by atoms with E-state index in [2.05, 4.69) is 20.2 Å². The zero-order valence-electron chi connectivity index (χ0n) is 17.6. The van der Waals surface area contributed by atoms with E-state index in [9.17, 15) is 18.0 Å². The van der Waals surface area contributed by atoms with Gasteiger partial charge in [0, 0.05) is 37.4 Å². The first-order chi connectivity index (χ1) is 15.9. The maximum atomic E-state index is 13.2. The van der Waals surface area contributed by atoms with Crippen LogP contribution in [0.2, 0.25) is 0 Å². The fraction of sp³-hybridized carbons (Fsp3) is 0.318. The lowest BCUT2D eigenvalue weighted by molar-refractivity contribution is 0.0944. The number of aryl methyl sites for hydroxylation is 2. The zero-order valence-corrected chi connectivity index (χ0v) is 18.4. The summed E-state index contributed by atoms with van der Waals surface area (Å²) in [6.45, 7) is 0.629. The van der Waals surface area contributed by atoms with Crippen LogP contribution >= 0.6 is 11.3 Å². The molecule has 4 aromatic rings. The molecule has 0 fully saturated rings. The smallest absolute Gasteiger partial charge is 0.281 e. The van der Waals surface area contributed by atoms with Gasteiger partial charge < -0.3 is 0 Å². The second-order valence-corrected chi connectivity index (χ2v) is 8.83. The summed E-state index contributed by atoms with van der Waals surface area (Å²) in [6, 6.07) is 6.02.